The fraction of sp³-hybridized carbons (Fsp3) is 0.133. The molecule has 0 bridgehead atoms. The zero-order valence-corrected chi connectivity index (χ0v) is 15.9. The van der Waals surface area contributed by atoms with Gasteiger partial charge in [-0.05, 0) is 12.1 Å². The molecule has 0 aliphatic heterocycles. The first kappa shape index (κ1) is 21.4. The number of phenolic OH excluding ortho intramolecular Hbond substituents is 2. The van der Waals surface area contributed by atoms with Crippen molar-refractivity contribution in [1.82, 2.24) is 0 Å². The van der Waals surface area contributed by atoms with E-state index in [1.165, 1.54) is 0 Å². The molecule has 0 aromatic heterocycles. The van der Waals surface area contributed by atoms with Crippen LogP contribution in [0.2, 0.25) is 0 Å². The van der Waals surface area contributed by atoms with Gasteiger partial charge in [-0.2, -0.15) is 16.8 Å². The van der Waals surface area contributed by atoms with Crippen LogP contribution in [0, 0.1) is 0 Å². The molecule has 2 aromatic rings. The lowest BCUT2D eigenvalue weighted by Gasteiger charge is -2.13. The molecule has 0 amide bonds. The van der Waals surface area contributed by atoms with Crippen molar-refractivity contribution in [3.63, 3.8) is 0 Å². The monoisotopic (exact) mass is 434 g/mol. The van der Waals surface area contributed by atoms with Crippen molar-refractivity contribution in [2.75, 3.05) is 14.2 Å². The summed E-state index contributed by atoms with van der Waals surface area (Å²) in [5.41, 5.74) is -1.40. The third-order valence-electron chi connectivity index (χ3n) is 3.61. The Balaban J connectivity index is 2.77. The average Bonchev–Trinajstić information content (AvgIpc) is 2.58. The van der Waals surface area contributed by atoms with Crippen LogP contribution in [0.25, 0.3) is 0 Å². The van der Waals surface area contributed by atoms with Crippen LogP contribution in [0.15, 0.2) is 34.1 Å². The molecule has 0 atom stereocenters. The van der Waals surface area contributed by atoms with E-state index in [0.717, 1.165) is 26.4 Å². The summed E-state index contributed by atoms with van der Waals surface area (Å²) < 4.78 is 73.9. The highest BCUT2D eigenvalue weighted by molar-refractivity contribution is 7.86. The van der Waals surface area contributed by atoms with Crippen LogP contribution in [0.1, 0.15) is 15.9 Å². The van der Waals surface area contributed by atoms with Crippen molar-refractivity contribution in [1.29, 1.82) is 0 Å². The van der Waals surface area contributed by atoms with E-state index in [1.54, 1.807) is 0 Å². The van der Waals surface area contributed by atoms with Crippen LogP contribution in [-0.2, 0) is 20.2 Å². The molecular formula is C15H14O11S2. The fourth-order valence-electron chi connectivity index (χ4n) is 2.33. The molecule has 0 radical (unpaired) electrons. The SMILES string of the molecule is COc1cc(O)c(C(=O)c2cc(S(=O)(=O)O)c(OC)cc2O)cc1S(=O)(=O)O. The van der Waals surface area contributed by atoms with Gasteiger partial charge in [-0.1, -0.05) is 0 Å². The summed E-state index contributed by atoms with van der Waals surface area (Å²) in [4.78, 5) is 11.0. The molecule has 11 nitrogen and oxygen atoms in total. The number of carbonyl (C=O) groups is 1. The normalized spacial score (nSPS) is 11.9. The van der Waals surface area contributed by atoms with Crippen LogP contribution in [0.4, 0.5) is 0 Å². The number of carbonyl (C=O) groups excluding carboxylic acids is 1. The lowest BCUT2D eigenvalue weighted by Crippen LogP contribution is -2.09. The van der Waals surface area contributed by atoms with Crippen LogP contribution in [0.3, 0.4) is 0 Å². The number of methoxy groups -OCH3 is 2. The number of ether oxygens (including phenoxy) is 2. The molecule has 2 aromatic carbocycles. The smallest absolute Gasteiger partial charge is 0.298 e. The second-order valence-electron chi connectivity index (χ2n) is 5.32. The van der Waals surface area contributed by atoms with Crippen molar-refractivity contribution in [3.8, 4) is 23.0 Å². The van der Waals surface area contributed by atoms with Gasteiger partial charge in [0.2, 0.25) is 5.78 Å². The summed E-state index contributed by atoms with van der Waals surface area (Å²) >= 11 is 0. The van der Waals surface area contributed by atoms with Gasteiger partial charge < -0.3 is 19.7 Å². The standard InChI is InChI=1S/C15H14O11S2/c1-25-11-5-9(16)7(3-13(11)27(19,20)21)15(18)8-4-14(28(22,23)24)12(26-2)6-10(8)17/h3-6,16-17H,1-2H3,(H,19,20,21)(H,22,23,24). The predicted octanol–water partition coefficient (Wildman–Crippen LogP) is 0.839. The second-order valence-corrected chi connectivity index (χ2v) is 8.10. The molecule has 0 unspecified atom stereocenters. The van der Waals surface area contributed by atoms with Crippen molar-refractivity contribution < 1.29 is 50.4 Å². The van der Waals surface area contributed by atoms with E-state index in [9.17, 15) is 40.9 Å². The highest BCUT2D eigenvalue weighted by Crippen LogP contribution is 2.36. The van der Waals surface area contributed by atoms with Gasteiger partial charge in [0, 0.05) is 12.1 Å². The number of ketones is 1. The van der Waals surface area contributed by atoms with E-state index in [-0.39, 0.29) is 0 Å². The Labute approximate surface area is 159 Å². The van der Waals surface area contributed by atoms with Crippen LogP contribution in [-0.4, -0.2) is 56.2 Å². The number of phenols is 2. The molecule has 28 heavy (non-hydrogen) atoms. The first-order chi connectivity index (χ1) is 12.8. The Hall–Kier alpha value is -2.87. The van der Waals surface area contributed by atoms with Crippen molar-refractivity contribution >= 4 is 26.0 Å². The van der Waals surface area contributed by atoms with E-state index in [2.05, 4.69) is 0 Å². The largest absolute Gasteiger partial charge is 0.507 e. The molecule has 0 aliphatic rings. The van der Waals surface area contributed by atoms with E-state index in [4.69, 9.17) is 9.47 Å². The molecule has 0 saturated heterocycles. The molecule has 0 aliphatic carbocycles. The maximum Gasteiger partial charge on any atom is 0.298 e. The molecular weight excluding hydrogens is 420 g/mol. The highest BCUT2D eigenvalue weighted by atomic mass is 32.2. The lowest BCUT2D eigenvalue weighted by molar-refractivity contribution is 0.103. The fourth-order valence-corrected chi connectivity index (χ4v) is 3.66. The van der Waals surface area contributed by atoms with E-state index >= 15 is 0 Å². The molecule has 4 N–H and O–H groups in total. The number of rotatable bonds is 6. The van der Waals surface area contributed by atoms with Gasteiger partial charge in [-0.3, -0.25) is 13.9 Å². The quantitative estimate of drug-likeness (QED) is 0.373. The Morgan fingerprint density at radius 1 is 0.750 bits per heavy atom. The first-order valence-corrected chi connectivity index (χ1v) is 10.0. The van der Waals surface area contributed by atoms with E-state index in [0.29, 0.717) is 12.1 Å². The Morgan fingerprint density at radius 2 is 1.07 bits per heavy atom. The second kappa shape index (κ2) is 7.27. The van der Waals surface area contributed by atoms with Crippen molar-refractivity contribution in [2.24, 2.45) is 0 Å². The van der Waals surface area contributed by atoms with Gasteiger partial charge in [-0.15, -0.1) is 0 Å². The third kappa shape index (κ3) is 4.01. The van der Waals surface area contributed by atoms with Crippen LogP contribution in [0.5, 0.6) is 23.0 Å². The van der Waals surface area contributed by atoms with Gasteiger partial charge in [-0.25, -0.2) is 0 Å². The summed E-state index contributed by atoms with van der Waals surface area (Å²) in [6.07, 6.45) is 0. The van der Waals surface area contributed by atoms with Gasteiger partial charge in [0.1, 0.15) is 32.8 Å². The summed E-state index contributed by atoms with van der Waals surface area (Å²) in [6.45, 7) is 0. The van der Waals surface area contributed by atoms with Gasteiger partial charge in [0.05, 0.1) is 25.3 Å². The zero-order valence-electron chi connectivity index (χ0n) is 14.3. The summed E-state index contributed by atoms with van der Waals surface area (Å²) in [5.74, 6) is -3.70. The topological polar surface area (TPSA) is 185 Å². The minimum atomic E-state index is -4.86. The van der Waals surface area contributed by atoms with Crippen molar-refractivity contribution in [2.45, 2.75) is 9.79 Å². The number of hydrogen-bond donors (Lipinski definition) is 4. The molecule has 0 fully saturated rings. The third-order valence-corrected chi connectivity index (χ3v) is 5.36. The molecule has 152 valence electrons. The van der Waals surface area contributed by atoms with E-state index < -0.39 is 69.9 Å². The molecule has 13 heteroatoms. The van der Waals surface area contributed by atoms with Crippen LogP contribution >= 0.6 is 0 Å². The molecule has 0 spiro atoms. The number of hydrogen-bond acceptors (Lipinski definition) is 9. The first-order valence-electron chi connectivity index (χ1n) is 7.13. The highest BCUT2D eigenvalue weighted by Gasteiger charge is 2.27. The maximum atomic E-state index is 12.7. The molecule has 0 heterocycles. The minimum absolute atomic E-state index is 0.464. The number of benzene rings is 2. The minimum Gasteiger partial charge on any atom is -0.507 e. The maximum absolute atomic E-state index is 12.7. The van der Waals surface area contributed by atoms with Gasteiger partial charge in [0.15, 0.2) is 0 Å². The summed E-state index contributed by atoms with van der Waals surface area (Å²) in [5, 5.41) is 20.0. The Bertz CT molecular complexity index is 1070. The van der Waals surface area contributed by atoms with E-state index in [1.807, 2.05) is 0 Å². The predicted molar refractivity (Wildman–Crippen MR) is 92.4 cm³/mol. The number of aromatic hydroxyl groups is 2. The molecule has 0 saturated carbocycles. The summed E-state index contributed by atoms with van der Waals surface area (Å²) in [6, 6.07) is 2.65. The Kier molecular flexibility index (Phi) is 5.57. The average molecular weight is 434 g/mol. The zero-order chi connectivity index (χ0) is 21.4. The molecule has 2 rings (SSSR count). The summed E-state index contributed by atoms with van der Waals surface area (Å²) in [7, 11) is -7.61. The lowest BCUT2D eigenvalue weighted by atomic mass is 10.0. The van der Waals surface area contributed by atoms with Gasteiger partial charge in [0.25, 0.3) is 20.2 Å². The van der Waals surface area contributed by atoms with Crippen LogP contribution < -0.4 is 9.47 Å². The Morgan fingerprint density at radius 3 is 1.32 bits per heavy atom. The van der Waals surface area contributed by atoms with Gasteiger partial charge >= 0.3 is 0 Å². The van der Waals surface area contributed by atoms with Crippen molar-refractivity contribution in [3.05, 3.63) is 35.4 Å².